The molecular weight excluding hydrogens is 543 g/mol. The molecule has 6 heteroatoms. The van der Waals surface area contributed by atoms with E-state index in [1.165, 1.54) is 14.8 Å². The molecule has 4 rings (SSSR count). The van der Waals surface area contributed by atoms with Gasteiger partial charge < -0.3 is 0 Å². The fourth-order valence-electron chi connectivity index (χ4n) is 5.02. The molecule has 1 saturated heterocycles. The van der Waals surface area contributed by atoms with Crippen molar-refractivity contribution in [1.29, 1.82) is 0 Å². The van der Waals surface area contributed by atoms with Crippen LogP contribution in [-0.4, -0.2) is 59.1 Å². The molecule has 1 aliphatic rings. The van der Waals surface area contributed by atoms with Crippen molar-refractivity contribution >= 4 is 38.1 Å². The van der Waals surface area contributed by atoms with Gasteiger partial charge in [0.15, 0.2) is 0 Å². The molecule has 4 nitrogen and oxygen atoms in total. The predicted octanol–water partition coefficient (Wildman–Crippen LogP) is 3.99. The Hall–Kier alpha value is -2.02. The number of hydrogen-bond donors (Lipinski definition) is 1. The van der Waals surface area contributed by atoms with Crippen molar-refractivity contribution in [3.05, 3.63) is 102 Å². The molecule has 0 aromatic heterocycles. The summed E-state index contributed by atoms with van der Waals surface area (Å²) in [6.45, 7) is 10.7. The molecule has 0 unspecified atom stereocenters. The van der Waals surface area contributed by atoms with Crippen molar-refractivity contribution in [2.24, 2.45) is 0 Å². The van der Waals surface area contributed by atoms with Gasteiger partial charge in [0.2, 0.25) is 0 Å². The second-order valence-electron chi connectivity index (χ2n) is 10.9. The molecule has 0 aliphatic carbocycles. The molecule has 3 atom stereocenters. The minimum atomic E-state index is -2.76. The van der Waals surface area contributed by atoms with Crippen LogP contribution in [0.3, 0.4) is 0 Å². The zero-order valence-corrected chi connectivity index (χ0v) is 25.0. The number of benzene rings is 3. The number of rotatable bonds is 9. The summed E-state index contributed by atoms with van der Waals surface area (Å²) in [7, 11) is -2.76. The maximum absolute atomic E-state index is 11.5. The average Bonchev–Trinajstić information content (AvgIpc) is 3.19. The number of hydrogen-bond acceptors (Lipinski definition) is 4. The van der Waals surface area contributed by atoms with Gasteiger partial charge in [-0.05, 0) is 0 Å². The van der Waals surface area contributed by atoms with Crippen LogP contribution in [0.4, 0.5) is 0 Å². The van der Waals surface area contributed by atoms with Crippen LogP contribution in [0.15, 0.2) is 102 Å². The van der Waals surface area contributed by atoms with Gasteiger partial charge >= 0.3 is 230 Å². The molecule has 196 valence electrons. The van der Waals surface area contributed by atoms with E-state index in [0.29, 0.717) is 0 Å². The Morgan fingerprint density at radius 1 is 0.892 bits per heavy atom. The van der Waals surface area contributed by atoms with Crippen LogP contribution < -0.4 is 14.8 Å². The third-order valence-electron chi connectivity index (χ3n) is 6.65. The van der Waals surface area contributed by atoms with Gasteiger partial charge in [0.05, 0.1) is 0 Å². The van der Waals surface area contributed by atoms with E-state index < -0.39 is 26.3 Å². The molecule has 0 spiro atoms. The van der Waals surface area contributed by atoms with E-state index in [-0.39, 0.29) is 32.7 Å². The van der Waals surface area contributed by atoms with Crippen molar-refractivity contribution < 1.29 is 19.0 Å². The molecule has 1 heterocycles. The molecule has 1 fully saturated rings. The Labute approximate surface area is 229 Å². The summed E-state index contributed by atoms with van der Waals surface area (Å²) in [6, 6.07) is 31.4. The van der Waals surface area contributed by atoms with Gasteiger partial charge in [0.1, 0.15) is 0 Å². The van der Waals surface area contributed by atoms with Crippen molar-refractivity contribution in [3.8, 4) is 0 Å². The Kier molecular flexibility index (Phi) is 8.92. The summed E-state index contributed by atoms with van der Waals surface area (Å²) >= 11 is 0.179. The molecule has 0 saturated carbocycles. The second-order valence-corrected chi connectivity index (χ2v) is 17.2. The summed E-state index contributed by atoms with van der Waals surface area (Å²) in [4.78, 5) is 2.15. The molecular formula is C31H38O4SeSi. The van der Waals surface area contributed by atoms with Gasteiger partial charge in [0.25, 0.3) is 0 Å². The van der Waals surface area contributed by atoms with Gasteiger partial charge in [-0.2, -0.15) is 0 Å². The van der Waals surface area contributed by atoms with E-state index >= 15 is 0 Å². The third-order valence-corrected chi connectivity index (χ3v) is 13.4. The van der Waals surface area contributed by atoms with Gasteiger partial charge in [0, 0.05) is 0 Å². The van der Waals surface area contributed by atoms with Crippen LogP contribution in [0.5, 0.6) is 0 Å². The van der Waals surface area contributed by atoms with Crippen LogP contribution in [0.1, 0.15) is 34.6 Å². The average molecular weight is 582 g/mol. The zero-order valence-electron chi connectivity index (χ0n) is 22.3. The van der Waals surface area contributed by atoms with E-state index in [1.807, 2.05) is 38.1 Å². The van der Waals surface area contributed by atoms with E-state index in [2.05, 4.69) is 98.5 Å². The number of aliphatic hydroxyl groups is 1. The normalized spacial score (nSPS) is 20.8. The Balaban J connectivity index is 1.58. The number of aliphatic hydroxyl groups excluding tert-OH is 1. The van der Waals surface area contributed by atoms with Crippen LogP contribution >= 0.6 is 0 Å². The first kappa shape index (κ1) is 28.0. The fraction of sp³-hybridized carbons (Fsp3) is 0.355. The van der Waals surface area contributed by atoms with Gasteiger partial charge in [-0.1, -0.05) is 0 Å². The van der Waals surface area contributed by atoms with E-state index in [4.69, 9.17) is 13.9 Å². The Bertz CT molecular complexity index is 1110. The van der Waals surface area contributed by atoms with E-state index in [9.17, 15) is 5.11 Å². The molecule has 37 heavy (non-hydrogen) atoms. The molecule has 1 aliphatic heterocycles. The van der Waals surface area contributed by atoms with Crippen molar-refractivity contribution in [2.75, 3.05) is 6.61 Å². The molecule has 0 bridgehead atoms. The first-order valence-corrected chi connectivity index (χ1v) is 16.5. The van der Waals surface area contributed by atoms with Crippen LogP contribution in [0, 0.1) is 0 Å². The summed E-state index contributed by atoms with van der Waals surface area (Å²) in [5.74, 6) is -0.780. The summed E-state index contributed by atoms with van der Waals surface area (Å²) in [6.07, 6.45) is 0.329. The Morgan fingerprint density at radius 3 is 1.92 bits per heavy atom. The van der Waals surface area contributed by atoms with Crippen LogP contribution in [0.25, 0.3) is 0 Å². The summed E-state index contributed by atoms with van der Waals surface area (Å²) in [5.41, 5.74) is 0. The molecule has 0 amide bonds. The molecule has 0 radical (unpaired) electrons. The van der Waals surface area contributed by atoms with Gasteiger partial charge in [-0.15, -0.1) is 0 Å². The Morgan fingerprint density at radius 2 is 1.41 bits per heavy atom. The SMILES string of the molecule is CC1(C)O[C@H]([C@H](O)CO[Si](c2ccccc2)(c2ccccc2)C(C)(C)C)[C@H](/C=C\[Se]c2ccccc2)O1. The minimum absolute atomic E-state index is 0.158. The van der Waals surface area contributed by atoms with E-state index in [1.54, 1.807) is 0 Å². The van der Waals surface area contributed by atoms with Gasteiger partial charge in [-0.25, -0.2) is 0 Å². The third kappa shape index (κ3) is 6.52. The summed E-state index contributed by atoms with van der Waals surface area (Å²) < 4.78 is 20.6. The quantitative estimate of drug-likeness (QED) is 0.389. The van der Waals surface area contributed by atoms with E-state index in [0.717, 1.165) is 0 Å². The van der Waals surface area contributed by atoms with Crippen molar-refractivity contribution in [3.63, 3.8) is 0 Å². The monoisotopic (exact) mass is 582 g/mol. The van der Waals surface area contributed by atoms with Crippen LogP contribution in [0.2, 0.25) is 5.04 Å². The molecule has 3 aromatic rings. The fourth-order valence-corrected chi connectivity index (χ4v) is 11.1. The standard InChI is InChI=1S/C31H38O4SeSi/c1-30(2,3)37(25-17-11-7-12-18-25,26-19-13-8-14-20-26)33-23-27(32)29-28(34-31(4,5)35-29)21-22-36-24-15-9-6-10-16-24/h6-22,27-29,32H,23H2,1-5H3/b22-21-/t27-,28+,29-/m1/s1. The predicted molar refractivity (Wildman–Crippen MR) is 154 cm³/mol. The second kappa shape index (κ2) is 11.8. The molecule has 3 aromatic carbocycles. The maximum atomic E-state index is 11.5. The van der Waals surface area contributed by atoms with Crippen molar-refractivity contribution in [2.45, 2.75) is 63.8 Å². The zero-order chi connectivity index (χ0) is 26.5. The van der Waals surface area contributed by atoms with Crippen molar-refractivity contribution in [1.82, 2.24) is 0 Å². The topological polar surface area (TPSA) is 47.9 Å². The summed E-state index contributed by atoms with van der Waals surface area (Å²) in [5, 5.41) is 13.7. The van der Waals surface area contributed by atoms with Gasteiger partial charge in [-0.3, -0.25) is 0 Å². The van der Waals surface area contributed by atoms with Crippen LogP contribution in [-0.2, 0) is 13.9 Å². The first-order chi connectivity index (χ1) is 17.6. The molecule has 1 N–H and O–H groups in total. The number of ether oxygens (including phenoxy) is 2. The first-order valence-electron chi connectivity index (χ1n) is 12.8.